The molecule has 1 aromatic rings. The van der Waals surface area contributed by atoms with E-state index >= 15 is 0 Å². The number of ether oxygens (including phenoxy) is 1. The Hall–Kier alpha value is -1.69. The molecule has 0 fully saturated rings. The largest absolute Gasteiger partial charge is 0.466 e. The van der Waals surface area contributed by atoms with Crippen LogP contribution in [0.1, 0.15) is 0 Å². The third-order valence-corrected chi connectivity index (χ3v) is 1.05. The van der Waals surface area contributed by atoms with E-state index in [1.54, 1.807) is 0 Å². The van der Waals surface area contributed by atoms with Crippen LogP contribution >= 0.6 is 0 Å². The molecule has 1 rings (SSSR count). The van der Waals surface area contributed by atoms with Gasteiger partial charge in [-0.15, -0.1) is 0 Å². The van der Waals surface area contributed by atoms with Crippen molar-refractivity contribution in [3.8, 4) is 5.88 Å². The van der Waals surface area contributed by atoms with E-state index in [-0.39, 0.29) is 6.61 Å². The van der Waals surface area contributed by atoms with E-state index in [0.29, 0.717) is 5.88 Å². The van der Waals surface area contributed by atoms with Gasteiger partial charge < -0.3 is 4.74 Å². The molecule has 0 aliphatic rings. The van der Waals surface area contributed by atoms with Gasteiger partial charge >= 0.3 is 0 Å². The second-order valence-corrected chi connectivity index (χ2v) is 1.90. The first-order valence-corrected chi connectivity index (χ1v) is 3.21. The number of nitrogens with one attached hydrogen (secondary N) is 1. The Morgan fingerprint density at radius 2 is 2.50 bits per heavy atom. The molecule has 0 aliphatic heterocycles. The zero-order chi connectivity index (χ0) is 8.81. The molecule has 0 saturated carbocycles. The van der Waals surface area contributed by atoms with Gasteiger partial charge in [-0.1, -0.05) is 0 Å². The Balaban J connectivity index is 2.38. The molecule has 1 heterocycles. The third-order valence-electron chi connectivity index (χ3n) is 1.05. The Morgan fingerprint density at radius 3 is 3.08 bits per heavy atom. The van der Waals surface area contributed by atoms with E-state index in [2.05, 4.69) is 9.97 Å². The minimum atomic E-state index is -0.416. The molecular formula is C6H8N4O2. The number of nitrogens with zero attached hydrogens (tertiary/aromatic N) is 2. The Morgan fingerprint density at radius 1 is 1.67 bits per heavy atom. The lowest BCUT2D eigenvalue weighted by molar-refractivity contribution is -0.123. The van der Waals surface area contributed by atoms with E-state index < -0.39 is 5.91 Å². The predicted molar refractivity (Wildman–Crippen MR) is 39.9 cm³/mol. The van der Waals surface area contributed by atoms with Crippen molar-refractivity contribution in [2.75, 3.05) is 6.61 Å². The SMILES string of the molecule is NNC(=O)COc1cnccn1. The molecule has 0 unspecified atom stereocenters. The van der Waals surface area contributed by atoms with Gasteiger partial charge in [0.25, 0.3) is 5.91 Å². The molecule has 12 heavy (non-hydrogen) atoms. The molecule has 3 N–H and O–H groups in total. The summed E-state index contributed by atoms with van der Waals surface area (Å²) in [5.74, 6) is 4.70. The van der Waals surface area contributed by atoms with Crippen LogP contribution in [0, 0.1) is 0 Å². The van der Waals surface area contributed by atoms with Crippen molar-refractivity contribution in [2.24, 2.45) is 5.84 Å². The van der Waals surface area contributed by atoms with Gasteiger partial charge in [-0.2, -0.15) is 0 Å². The molecule has 0 radical (unpaired) electrons. The number of carbonyl (C=O) groups excluding carboxylic acids is 1. The number of amides is 1. The van der Waals surface area contributed by atoms with Crippen molar-refractivity contribution < 1.29 is 9.53 Å². The van der Waals surface area contributed by atoms with Crippen LogP contribution in [0.15, 0.2) is 18.6 Å². The maximum Gasteiger partial charge on any atom is 0.271 e. The van der Waals surface area contributed by atoms with Crippen LogP contribution in [-0.4, -0.2) is 22.5 Å². The monoisotopic (exact) mass is 168 g/mol. The van der Waals surface area contributed by atoms with E-state index in [4.69, 9.17) is 10.6 Å². The number of hydrogen-bond acceptors (Lipinski definition) is 5. The predicted octanol–water partition coefficient (Wildman–Crippen LogP) is -1.15. The molecule has 6 nitrogen and oxygen atoms in total. The highest BCUT2D eigenvalue weighted by atomic mass is 16.5. The second kappa shape index (κ2) is 4.24. The van der Waals surface area contributed by atoms with Crippen LogP contribution in [0.4, 0.5) is 0 Å². The number of nitrogens with two attached hydrogens (primary N) is 1. The van der Waals surface area contributed by atoms with Gasteiger partial charge in [0.15, 0.2) is 6.61 Å². The zero-order valence-corrected chi connectivity index (χ0v) is 6.23. The van der Waals surface area contributed by atoms with Crippen molar-refractivity contribution in [3.63, 3.8) is 0 Å². The summed E-state index contributed by atoms with van der Waals surface area (Å²) in [7, 11) is 0. The third kappa shape index (κ3) is 2.51. The van der Waals surface area contributed by atoms with Crippen LogP contribution in [0.25, 0.3) is 0 Å². The smallest absolute Gasteiger partial charge is 0.271 e. The fraction of sp³-hybridized carbons (Fsp3) is 0.167. The molecule has 0 spiro atoms. The molecule has 1 aromatic heterocycles. The average Bonchev–Trinajstić information content (AvgIpc) is 2.16. The summed E-state index contributed by atoms with van der Waals surface area (Å²) in [5.41, 5.74) is 1.92. The van der Waals surface area contributed by atoms with Crippen molar-refractivity contribution >= 4 is 5.91 Å². The van der Waals surface area contributed by atoms with Crippen molar-refractivity contribution in [2.45, 2.75) is 0 Å². The first-order chi connectivity index (χ1) is 5.83. The minimum Gasteiger partial charge on any atom is -0.466 e. The van der Waals surface area contributed by atoms with Gasteiger partial charge in [-0.05, 0) is 0 Å². The molecule has 0 saturated heterocycles. The second-order valence-electron chi connectivity index (χ2n) is 1.90. The lowest BCUT2D eigenvalue weighted by atomic mass is 10.6. The number of rotatable bonds is 3. The number of hydrogen-bond donors (Lipinski definition) is 2. The standard InChI is InChI=1S/C6H8N4O2/c7-10-5(11)4-12-6-3-8-1-2-9-6/h1-3H,4,7H2,(H,10,11). The van der Waals surface area contributed by atoms with Crippen molar-refractivity contribution in [1.29, 1.82) is 0 Å². The van der Waals surface area contributed by atoms with Crippen LogP contribution in [-0.2, 0) is 4.79 Å². The summed E-state index contributed by atoms with van der Waals surface area (Å²) in [5, 5.41) is 0. The Kier molecular flexibility index (Phi) is 2.97. The van der Waals surface area contributed by atoms with Gasteiger partial charge in [0.2, 0.25) is 5.88 Å². The molecule has 0 atom stereocenters. The van der Waals surface area contributed by atoms with Crippen molar-refractivity contribution in [1.82, 2.24) is 15.4 Å². The van der Waals surface area contributed by atoms with Gasteiger partial charge in [0.05, 0.1) is 6.20 Å². The fourth-order valence-corrected chi connectivity index (χ4v) is 0.541. The van der Waals surface area contributed by atoms with Crippen LogP contribution < -0.4 is 16.0 Å². The summed E-state index contributed by atoms with van der Waals surface area (Å²) in [4.78, 5) is 18.1. The molecule has 0 bridgehead atoms. The highest BCUT2D eigenvalue weighted by Crippen LogP contribution is 1.99. The minimum absolute atomic E-state index is 0.158. The van der Waals surface area contributed by atoms with E-state index in [9.17, 15) is 4.79 Å². The molecule has 0 aromatic carbocycles. The van der Waals surface area contributed by atoms with Gasteiger partial charge in [0.1, 0.15) is 0 Å². The van der Waals surface area contributed by atoms with E-state index in [1.165, 1.54) is 18.6 Å². The number of carbonyl (C=O) groups is 1. The van der Waals surface area contributed by atoms with Gasteiger partial charge in [-0.25, -0.2) is 10.8 Å². The fourth-order valence-electron chi connectivity index (χ4n) is 0.541. The first-order valence-electron chi connectivity index (χ1n) is 3.21. The molecule has 64 valence electrons. The van der Waals surface area contributed by atoms with E-state index in [1.807, 2.05) is 5.43 Å². The van der Waals surface area contributed by atoms with Crippen LogP contribution in [0.5, 0.6) is 5.88 Å². The lowest BCUT2D eigenvalue weighted by Gasteiger charge is -2.01. The summed E-state index contributed by atoms with van der Waals surface area (Å²) < 4.78 is 4.89. The Bertz CT molecular complexity index is 251. The Labute approximate surface area is 68.7 Å². The van der Waals surface area contributed by atoms with Gasteiger partial charge in [0, 0.05) is 12.4 Å². The summed E-state index contributed by atoms with van der Waals surface area (Å²) >= 11 is 0. The molecular weight excluding hydrogens is 160 g/mol. The topological polar surface area (TPSA) is 90.1 Å². The van der Waals surface area contributed by atoms with Crippen molar-refractivity contribution in [3.05, 3.63) is 18.6 Å². The first kappa shape index (κ1) is 8.41. The highest BCUT2D eigenvalue weighted by molar-refractivity contribution is 5.76. The maximum absolute atomic E-state index is 10.6. The molecule has 6 heteroatoms. The molecule has 1 amide bonds. The van der Waals surface area contributed by atoms with Crippen LogP contribution in [0.2, 0.25) is 0 Å². The maximum atomic E-state index is 10.6. The highest BCUT2D eigenvalue weighted by Gasteiger charge is 1.99. The van der Waals surface area contributed by atoms with Gasteiger partial charge in [-0.3, -0.25) is 15.2 Å². The quantitative estimate of drug-likeness (QED) is 0.337. The molecule has 0 aliphatic carbocycles. The number of hydrazine groups is 1. The number of aromatic nitrogens is 2. The van der Waals surface area contributed by atoms with E-state index in [0.717, 1.165) is 0 Å². The average molecular weight is 168 g/mol. The summed E-state index contributed by atoms with van der Waals surface area (Å²) in [6, 6.07) is 0. The zero-order valence-electron chi connectivity index (χ0n) is 6.23. The van der Waals surface area contributed by atoms with Crippen LogP contribution in [0.3, 0.4) is 0 Å². The summed E-state index contributed by atoms with van der Waals surface area (Å²) in [6.45, 7) is -0.158. The normalized spacial score (nSPS) is 9.08. The summed E-state index contributed by atoms with van der Waals surface area (Å²) in [6.07, 6.45) is 4.38. The lowest BCUT2D eigenvalue weighted by Crippen LogP contribution is -2.34.